The van der Waals surface area contributed by atoms with E-state index in [0.717, 1.165) is 51.7 Å². The minimum absolute atomic E-state index is 0.333. The van der Waals surface area contributed by atoms with Crippen molar-refractivity contribution in [2.24, 2.45) is 0 Å². The molecule has 0 radical (unpaired) electrons. The highest BCUT2D eigenvalue weighted by molar-refractivity contribution is 5.79. The first-order valence-corrected chi connectivity index (χ1v) is 8.42. The van der Waals surface area contributed by atoms with Crippen LogP contribution in [0.2, 0.25) is 0 Å². The van der Waals surface area contributed by atoms with E-state index in [9.17, 15) is 9.90 Å². The molecule has 0 bridgehead atoms. The number of hydrogen-bond donors (Lipinski definition) is 2. The Kier molecular flexibility index (Phi) is 4.52. The van der Waals surface area contributed by atoms with Gasteiger partial charge in [-0.1, -0.05) is 0 Å². The van der Waals surface area contributed by atoms with Gasteiger partial charge in [0.05, 0.1) is 6.10 Å². The number of nitrogens with one attached hydrogen (secondary N) is 1. The molecule has 0 aromatic carbocycles. The second-order valence-corrected chi connectivity index (χ2v) is 7.13. The quantitative estimate of drug-likeness (QED) is 0.780. The van der Waals surface area contributed by atoms with Crippen LogP contribution in [0.4, 0.5) is 0 Å². The lowest BCUT2D eigenvalue weighted by molar-refractivity contribution is -0.145. The number of carbonyl (C=O) groups is 1. The summed E-state index contributed by atoms with van der Waals surface area (Å²) in [6, 6.07) is 0.796. The van der Waals surface area contributed by atoms with E-state index in [1.54, 1.807) is 0 Å². The normalized spacial score (nSPS) is 37.0. The maximum absolute atomic E-state index is 11.7. The van der Waals surface area contributed by atoms with E-state index < -0.39 is 11.5 Å². The molecule has 3 aliphatic rings. The summed E-state index contributed by atoms with van der Waals surface area (Å²) in [6.07, 6.45) is 8.61. The molecule has 21 heavy (non-hydrogen) atoms. The van der Waals surface area contributed by atoms with Crippen molar-refractivity contribution < 1.29 is 14.6 Å². The summed E-state index contributed by atoms with van der Waals surface area (Å²) in [5.74, 6) is -0.667. The van der Waals surface area contributed by atoms with Gasteiger partial charge in [0.15, 0.2) is 0 Å². The van der Waals surface area contributed by atoms with Gasteiger partial charge < -0.3 is 14.7 Å². The molecule has 0 amide bonds. The minimum Gasteiger partial charge on any atom is -0.480 e. The molecular formula is C16H28N2O3. The Morgan fingerprint density at radius 2 is 2.14 bits per heavy atom. The van der Waals surface area contributed by atoms with Gasteiger partial charge in [0.1, 0.15) is 5.54 Å². The Hall–Kier alpha value is -0.650. The standard InChI is InChI=1S/C16H28N2O3/c1-18(11-14-4-2-3-9-21-14)13-7-8-16(10-13,15(19)20)17-12-5-6-12/h12-14,17H,2-11H2,1H3,(H,19,20). The fraction of sp³-hybridized carbons (Fsp3) is 0.938. The van der Waals surface area contributed by atoms with Crippen molar-refractivity contribution in [1.82, 2.24) is 10.2 Å². The number of rotatable bonds is 6. The van der Waals surface area contributed by atoms with Crippen LogP contribution in [-0.4, -0.2) is 59.9 Å². The average Bonchev–Trinajstić information content (AvgIpc) is 3.16. The molecule has 2 N–H and O–H groups in total. The lowest BCUT2D eigenvalue weighted by Crippen LogP contribution is -2.52. The van der Waals surface area contributed by atoms with E-state index in [2.05, 4.69) is 17.3 Å². The van der Waals surface area contributed by atoms with Crippen LogP contribution in [0, 0.1) is 0 Å². The predicted molar refractivity (Wildman–Crippen MR) is 80.4 cm³/mol. The third-order valence-electron chi connectivity index (χ3n) is 5.34. The first-order chi connectivity index (χ1) is 10.1. The number of aliphatic carboxylic acids is 1. The second-order valence-electron chi connectivity index (χ2n) is 7.13. The fourth-order valence-corrected chi connectivity index (χ4v) is 3.82. The number of hydrogen-bond acceptors (Lipinski definition) is 4. The van der Waals surface area contributed by atoms with Crippen molar-refractivity contribution in [2.75, 3.05) is 20.2 Å². The molecule has 3 atom stereocenters. The molecule has 2 saturated carbocycles. The number of ether oxygens (including phenoxy) is 1. The SMILES string of the molecule is CN(CC1CCCCO1)C1CCC(NC2CC2)(C(=O)O)C1. The molecular weight excluding hydrogens is 268 g/mol. The van der Waals surface area contributed by atoms with Gasteiger partial charge in [-0.3, -0.25) is 10.1 Å². The van der Waals surface area contributed by atoms with Crippen LogP contribution in [0.5, 0.6) is 0 Å². The highest BCUT2D eigenvalue weighted by atomic mass is 16.5. The van der Waals surface area contributed by atoms with Gasteiger partial charge in [0.25, 0.3) is 0 Å². The molecule has 0 spiro atoms. The van der Waals surface area contributed by atoms with Crippen LogP contribution in [-0.2, 0) is 9.53 Å². The van der Waals surface area contributed by atoms with Crippen LogP contribution >= 0.6 is 0 Å². The second kappa shape index (κ2) is 6.23. The molecule has 3 unspecified atom stereocenters. The van der Waals surface area contributed by atoms with Crippen LogP contribution in [0.1, 0.15) is 51.4 Å². The number of carboxylic acid groups (broad SMARTS) is 1. The molecule has 0 aromatic rings. The summed E-state index contributed by atoms with van der Waals surface area (Å²) in [6.45, 7) is 1.81. The Bertz CT molecular complexity index is 380. The number of likely N-dealkylation sites (N-methyl/N-ethyl adjacent to an activating group) is 1. The zero-order valence-electron chi connectivity index (χ0n) is 13.0. The minimum atomic E-state index is -0.687. The molecule has 1 saturated heterocycles. The van der Waals surface area contributed by atoms with Gasteiger partial charge in [-0.25, -0.2) is 0 Å². The van der Waals surface area contributed by atoms with Crippen molar-refractivity contribution >= 4 is 5.97 Å². The summed E-state index contributed by atoms with van der Waals surface area (Å²) in [7, 11) is 2.12. The summed E-state index contributed by atoms with van der Waals surface area (Å²) in [5.41, 5.74) is -0.687. The zero-order chi connectivity index (χ0) is 14.9. The molecule has 5 nitrogen and oxygen atoms in total. The van der Waals surface area contributed by atoms with E-state index in [0.29, 0.717) is 18.2 Å². The summed E-state index contributed by atoms with van der Waals surface area (Å²) >= 11 is 0. The maximum atomic E-state index is 11.7. The molecule has 3 fully saturated rings. The summed E-state index contributed by atoms with van der Waals surface area (Å²) in [5, 5.41) is 13.1. The Balaban J connectivity index is 1.55. The monoisotopic (exact) mass is 296 g/mol. The van der Waals surface area contributed by atoms with E-state index in [1.807, 2.05) is 0 Å². The van der Waals surface area contributed by atoms with Crippen molar-refractivity contribution in [1.29, 1.82) is 0 Å². The van der Waals surface area contributed by atoms with Crippen LogP contribution in [0.25, 0.3) is 0 Å². The molecule has 5 heteroatoms. The number of carboxylic acids is 1. The zero-order valence-corrected chi connectivity index (χ0v) is 13.0. The van der Waals surface area contributed by atoms with E-state index in [4.69, 9.17) is 4.74 Å². The number of nitrogens with zero attached hydrogens (tertiary/aromatic N) is 1. The topological polar surface area (TPSA) is 61.8 Å². The van der Waals surface area contributed by atoms with Gasteiger partial charge in [-0.15, -0.1) is 0 Å². The van der Waals surface area contributed by atoms with Gasteiger partial charge >= 0.3 is 5.97 Å². The Morgan fingerprint density at radius 1 is 1.33 bits per heavy atom. The average molecular weight is 296 g/mol. The highest BCUT2D eigenvalue weighted by Gasteiger charge is 2.49. The molecule has 120 valence electrons. The van der Waals surface area contributed by atoms with Gasteiger partial charge in [0, 0.05) is 25.2 Å². The largest absolute Gasteiger partial charge is 0.480 e. The summed E-state index contributed by atoms with van der Waals surface area (Å²) in [4.78, 5) is 14.1. The third kappa shape index (κ3) is 3.58. The Labute approximate surface area is 127 Å². The van der Waals surface area contributed by atoms with Crippen molar-refractivity contribution in [3.63, 3.8) is 0 Å². The van der Waals surface area contributed by atoms with Crippen molar-refractivity contribution in [3.8, 4) is 0 Å². The lowest BCUT2D eigenvalue weighted by Gasteiger charge is -2.32. The van der Waals surface area contributed by atoms with Crippen molar-refractivity contribution in [2.45, 2.75) is 75.1 Å². The first-order valence-electron chi connectivity index (χ1n) is 8.42. The van der Waals surface area contributed by atoms with Gasteiger partial charge in [-0.05, 0) is 58.4 Å². The lowest BCUT2D eigenvalue weighted by atomic mass is 9.97. The first kappa shape index (κ1) is 15.3. The van der Waals surface area contributed by atoms with Crippen LogP contribution < -0.4 is 5.32 Å². The maximum Gasteiger partial charge on any atom is 0.323 e. The smallest absolute Gasteiger partial charge is 0.323 e. The van der Waals surface area contributed by atoms with E-state index in [1.165, 1.54) is 12.8 Å². The van der Waals surface area contributed by atoms with E-state index in [-0.39, 0.29) is 0 Å². The molecule has 2 aliphatic carbocycles. The Morgan fingerprint density at radius 3 is 2.76 bits per heavy atom. The van der Waals surface area contributed by atoms with Crippen LogP contribution in [0.15, 0.2) is 0 Å². The summed E-state index contributed by atoms with van der Waals surface area (Å²) < 4.78 is 5.81. The van der Waals surface area contributed by atoms with E-state index >= 15 is 0 Å². The van der Waals surface area contributed by atoms with Crippen molar-refractivity contribution in [3.05, 3.63) is 0 Å². The molecule has 0 aromatic heterocycles. The highest BCUT2D eigenvalue weighted by Crippen LogP contribution is 2.36. The van der Waals surface area contributed by atoms with Gasteiger partial charge in [0.2, 0.25) is 0 Å². The molecule has 3 rings (SSSR count). The third-order valence-corrected chi connectivity index (χ3v) is 5.34. The van der Waals surface area contributed by atoms with Crippen LogP contribution in [0.3, 0.4) is 0 Å². The molecule has 1 heterocycles. The fourth-order valence-electron chi connectivity index (χ4n) is 3.82. The predicted octanol–water partition coefficient (Wildman–Crippen LogP) is 1.62. The molecule has 1 aliphatic heterocycles. The van der Waals surface area contributed by atoms with Gasteiger partial charge in [-0.2, -0.15) is 0 Å².